The molecule has 5 heteroatoms. The van der Waals surface area contributed by atoms with Gasteiger partial charge in [0.2, 0.25) is 0 Å². The van der Waals surface area contributed by atoms with E-state index in [1.165, 1.54) is 18.4 Å². The number of rotatable bonds is 8. The van der Waals surface area contributed by atoms with Crippen LogP contribution in [0.1, 0.15) is 46.4 Å². The van der Waals surface area contributed by atoms with Crippen molar-refractivity contribution in [2.45, 2.75) is 39.3 Å². The molecular formula is C25H31N3O2. The molecule has 2 aromatic carbocycles. The zero-order chi connectivity index (χ0) is 20.9. The van der Waals surface area contributed by atoms with Gasteiger partial charge in [0, 0.05) is 29.6 Å². The van der Waals surface area contributed by atoms with Gasteiger partial charge in [-0.1, -0.05) is 42.0 Å². The van der Waals surface area contributed by atoms with Crippen LogP contribution in [-0.4, -0.2) is 40.6 Å². The number of hydrogen-bond donors (Lipinski definition) is 3. The van der Waals surface area contributed by atoms with Gasteiger partial charge in [-0.3, -0.25) is 4.90 Å². The fourth-order valence-corrected chi connectivity index (χ4v) is 4.52. The molecule has 0 atom stereocenters. The van der Waals surface area contributed by atoms with Crippen molar-refractivity contribution in [1.29, 1.82) is 0 Å². The van der Waals surface area contributed by atoms with E-state index in [-0.39, 0.29) is 0 Å². The summed E-state index contributed by atoms with van der Waals surface area (Å²) in [6, 6.07) is 16.7. The van der Waals surface area contributed by atoms with Crippen LogP contribution in [0.4, 0.5) is 0 Å². The van der Waals surface area contributed by atoms with E-state index in [1.54, 1.807) is 0 Å². The van der Waals surface area contributed by atoms with Crippen LogP contribution in [0.2, 0.25) is 0 Å². The van der Waals surface area contributed by atoms with Gasteiger partial charge in [-0.05, 0) is 69.4 Å². The summed E-state index contributed by atoms with van der Waals surface area (Å²) in [4.78, 5) is 17.3. The molecule has 0 aliphatic carbocycles. The standard InChI is InChI=1S/C25H31N3O2/c1-18-7-8-23-21(15-18)22(24(27-23)25(29)30)16-26-12-9-19-10-13-28(14-11-19)17-20-5-3-2-4-6-20/h2-8,15,19,26-27H,9-14,16-17H2,1H3,(H,29,30). The second kappa shape index (κ2) is 9.45. The first-order chi connectivity index (χ1) is 14.6. The number of hydrogen-bond acceptors (Lipinski definition) is 3. The number of nitrogens with one attached hydrogen (secondary N) is 2. The lowest BCUT2D eigenvalue weighted by Gasteiger charge is -2.32. The molecule has 30 heavy (non-hydrogen) atoms. The quantitative estimate of drug-likeness (QED) is 0.480. The van der Waals surface area contributed by atoms with Gasteiger partial charge < -0.3 is 15.4 Å². The van der Waals surface area contributed by atoms with Crippen molar-refractivity contribution >= 4 is 16.9 Å². The lowest BCUT2D eigenvalue weighted by molar-refractivity contribution is 0.0690. The van der Waals surface area contributed by atoms with E-state index in [2.05, 4.69) is 51.6 Å². The van der Waals surface area contributed by atoms with Crippen molar-refractivity contribution in [3.8, 4) is 0 Å². The van der Waals surface area contributed by atoms with Crippen LogP contribution in [0, 0.1) is 12.8 Å². The van der Waals surface area contributed by atoms with Crippen LogP contribution in [0.15, 0.2) is 48.5 Å². The van der Waals surface area contributed by atoms with E-state index in [0.29, 0.717) is 12.2 Å². The number of benzene rings is 2. The smallest absolute Gasteiger partial charge is 0.352 e. The minimum absolute atomic E-state index is 0.303. The highest BCUT2D eigenvalue weighted by atomic mass is 16.4. The van der Waals surface area contributed by atoms with Crippen molar-refractivity contribution in [1.82, 2.24) is 15.2 Å². The number of likely N-dealkylation sites (tertiary alicyclic amines) is 1. The monoisotopic (exact) mass is 405 g/mol. The second-order valence-electron chi connectivity index (χ2n) is 8.50. The molecule has 0 bridgehead atoms. The molecule has 3 N–H and O–H groups in total. The first-order valence-electron chi connectivity index (χ1n) is 10.9. The first-order valence-corrected chi connectivity index (χ1v) is 10.9. The Labute approximate surface area is 178 Å². The number of nitrogens with zero attached hydrogens (tertiary/aromatic N) is 1. The van der Waals surface area contributed by atoms with Crippen LogP contribution in [0.5, 0.6) is 0 Å². The van der Waals surface area contributed by atoms with E-state index < -0.39 is 5.97 Å². The summed E-state index contributed by atoms with van der Waals surface area (Å²) in [6.07, 6.45) is 3.62. The third-order valence-corrected chi connectivity index (χ3v) is 6.26. The molecule has 1 saturated heterocycles. The topological polar surface area (TPSA) is 68.4 Å². The van der Waals surface area contributed by atoms with Gasteiger partial charge in [0.15, 0.2) is 0 Å². The van der Waals surface area contributed by atoms with Crippen molar-refractivity contribution in [2.24, 2.45) is 5.92 Å². The molecule has 0 unspecified atom stereocenters. The SMILES string of the molecule is Cc1ccc2[nH]c(C(=O)O)c(CNCCC3CCN(Cc4ccccc4)CC3)c2c1. The van der Waals surface area contributed by atoms with Crippen molar-refractivity contribution in [3.63, 3.8) is 0 Å². The maximum absolute atomic E-state index is 11.7. The lowest BCUT2D eigenvalue weighted by atomic mass is 9.93. The molecule has 2 heterocycles. The minimum atomic E-state index is -0.897. The number of H-pyrrole nitrogens is 1. The molecule has 1 aromatic heterocycles. The highest BCUT2D eigenvalue weighted by Crippen LogP contribution is 2.25. The number of aromatic amines is 1. The summed E-state index contributed by atoms with van der Waals surface area (Å²) in [5, 5.41) is 14.1. The normalized spacial score (nSPS) is 15.6. The average Bonchev–Trinajstić information content (AvgIpc) is 3.11. The van der Waals surface area contributed by atoms with E-state index in [1.807, 2.05) is 19.1 Å². The van der Waals surface area contributed by atoms with Crippen LogP contribution >= 0.6 is 0 Å². The highest BCUT2D eigenvalue weighted by Gasteiger charge is 2.20. The van der Waals surface area contributed by atoms with Gasteiger partial charge in [0.1, 0.15) is 5.69 Å². The Kier molecular flexibility index (Phi) is 6.50. The minimum Gasteiger partial charge on any atom is -0.477 e. The summed E-state index contributed by atoms with van der Waals surface area (Å²) >= 11 is 0. The van der Waals surface area contributed by atoms with Crippen LogP contribution in [0.3, 0.4) is 0 Å². The summed E-state index contributed by atoms with van der Waals surface area (Å²) < 4.78 is 0. The largest absolute Gasteiger partial charge is 0.477 e. The predicted molar refractivity (Wildman–Crippen MR) is 121 cm³/mol. The number of aromatic nitrogens is 1. The number of aromatic carboxylic acids is 1. The molecule has 1 aliphatic heterocycles. The fourth-order valence-electron chi connectivity index (χ4n) is 4.52. The summed E-state index contributed by atoms with van der Waals surface area (Å²) in [7, 11) is 0. The summed E-state index contributed by atoms with van der Waals surface area (Å²) in [5.41, 5.74) is 4.58. The van der Waals surface area contributed by atoms with E-state index in [9.17, 15) is 9.90 Å². The number of piperidine rings is 1. The Morgan fingerprint density at radius 1 is 1.17 bits per heavy atom. The lowest BCUT2D eigenvalue weighted by Crippen LogP contribution is -2.34. The zero-order valence-electron chi connectivity index (χ0n) is 17.7. The number of fused-ring (bicyclic) bond motifs is 1. The second-order valence-corrected chi connectivity index (χ2v) is 8.50. The van der Waals surface area contributed by atoms with Gasteiger partial charge in [0.05, 0.1) is 0 Å². The van der Waals surface area contributed by atoms with Crippen molar-refractivity contribution in [3.05, 3.63) is 70.9 Å². The third-order valence-electron chi connectivity index (χ3n) is 6.26. The molecule has 3 aromatic rings. The first kappa shape index (κ1) is 20.6. The summed E-state index contributed by atoms with van der Waals surface area (Å²) in [6.45, 7) is 6.89. The van der Waals surface area contributed by atoms with Crippen LogP contribution < -0.4 is 5.32 Å². The highest BCUT2D eigenvalue weighted by molar-refractivity contribution is 5.97. The van der Waals surface area contributed by atoms with Crippen molar-refractivity contribution in [2.75, 3.05) is 19.6 Å². The molecule has 4 rings (SSSR count). The predicted octanol–water partition coefficient (Wildman–Crippen LogP) is 4.57. The molecule has 158 valence electrons. The fraction of sp³-hybridized carbons (Fsp3) is 0.400. The van der Waals surface area contributed by atoms with Crippen molar-refractivity contribution < 1.29 is 9.90 Å². The summed E-state index contributed by atoms with van der Waals surface area (Å²) in [5.74, 6) is -0.153. The van der Waals surface area contributed by atoms with Gasteiger partial charge in [-0.2, -0.15) is 0 Å². The zero-order valence-corrected chi connectivity index (χ0v) is 17.7. The molecular weight excluding hydrogens is 374 g/mol. The van der Waals surface area contributed by atoms with E-state index in [0.717, 1.165) is 60.5 Å². The number of carbonyl (C=O) groups is 1. The van der Waals surface area contributed by atoms with E-state index in [4.69, 9.17) is 0 Å². The third kappa shape index (κ3) is 4.91. The average molecular weight is 406 g/mol. The Bertz CT molecular complexity index is 988. The Hall–Kier alpha value is -2.63. The van der Waals surface area contributed by atoms with E-state index >= 15 is 0 Å². The molecule has 5 nitrogen and oxygen atoms in total. The maximum atomic E-state index is 11.7. The molecule has 1 fully saturated rings. The Morgan fingerprint density at radius 2 is 1.93 bits per heavy atom. The van der Waals surface area contributed by atoms with Crippen LogP contribution in [-0.2, 0) is 13.1 Å². The Balaban J connectivity index is 1.25. The van der Waals surface area contributed by atoms with Gasteiger partial charge in [-0.25, -0.2) is 4.79 Å². The number of carboxylic acid groups (broad SMARTS) is 1. The van der Waals surface area contributed by atoms with Gasteiger partial charge in [-0.15, -0.1) is 0 Å². The maximum Gasteiger partial charge on any atom is 0.352 e. The molecule has 0 spiro atoms. The van der Waals surface area contributed by atoms with Gasteiger partial charge >= 0.3 is 5.97 Å². The molecule has 0 radical (unpaired) electrons. The molecule has 0 saturated carbocycles. The molecule has 1 aliphatic rings. The number of aryl methyl sites for hydroxylation is 1. The molecule has 0 amide bonds. The number of carboxylic acids is 1. The Morgan fingerprint density at radius 3 is 2.67 bits per heavy atom. The van der Waals surface area contributed by atoms with Crippen LogP contribution in [0.25, 0.3) is 10.9 Å². The van der Waals surface area contributed by atoms with Gasteiger partial charge in [0.25, 0.3) is 0 Å².